The van der Waals surface area contributed by atoms with Gasteiger partial charge in [-0.1, -0.05) is 0 Å². The van der Waals surface area contributed by atoms with Crippen molar-refractivity contribution in [3.8, 4) is 0 Å². The lowest BCUT2D eigenvalue weighted by atomic mass is 10.2. The summed E-state index contributed by atoms with van der Waals surface area (Å²) in [5.41, 5.74) is 0.843. The number of imidazole rings is 1. The number of aryl methyl sites for hydroxylation is 2. The van der Waals surface area contributed by atoms with Crippen LogP contribution in [0.15, 0.2) is 4.60 Å². The highest BCUT2D eigenvalue weighted by Crippen LogP contribution is 2.14. The van der Waals surface area contributed by atoms with Crippen molar-refractivity contribution in [2.45, 2.75) is 19.8 Å². The van der Waals surface area contributed by atoms with Gasteiger partial charge in [-0.15, -0.1) is 0 Å². The second-order valence-electron chi connectivity index (χ2n) is 2.49. The number of aromatic amines is 1. The Bertz CT molecular complexity index is 296. The fraction of sp³-hybridized carbons (Fsp3) is 0.429. The number of carboxylic acids is 1. The summed E-state index contributed by atoms with van der Waals surface area (Å²) >= 11 is 3.23. The molecule has 0 saturated carbocycles. The van der Waals surface area contributed by atoms with E-state index < -0.39 is 5.97 Å². The van der Waals surface area contributed by atoms with Gasteiger partial charge >= 0.3 is 5.97 Å². The monoisotopic (exact) mass is 232 g/mol. The largest absolute Gasteiger partial charge is 0.481 e. The van der Waals surface area contributed by atoms with Gasteiger partial charge in [0, 0.05) is 12.1 Å². The molecular weight excluding hydrogens is 224 g/mol. The zero-order valence-electron chi connectivity index (χ0n) is 6.59. The van der Waals surface area contributed by atoms with E-state index in [1.165, 1.54) is 0 Å². The van der Waals surface area contributed by atoms with Crippen molar-refractivity contribution in [3.63, 3.8) is 0 Å². The Morgan fingerprint density at radius 3 is 2.83 bits per heavy atom. The van der Waals surface area contributed by atoms with E-state index in [0.717, 1.165) is 11.5 Å². The average Bonchev–Trinajstić information content (AvgIpc) is 2.26. The minimum absolute atomic E-state index is 0.125. The van der Waals surface area contributed by atoms with Crippen molar-refractivity contribution in [2.75, 3.05) is 0 Å². The summed E-state index contributed by atoms with van der Waals surface area (Å²) < 4.78 is 0.709. The van der Waals surface area contributed by atoms with E-state index >= 15 is 0 Å². The number of aliphatic carboxylic acids is 1. The zero-order chi connectivity index (χ0) is 9.14. The second kappa shape index (κ2) is 3.71. The van der Waals surface area contributed by atoms with Crippen LogP contribution >= 0.6 is 15.9 Å². The van der Waals surface area contributed by atoms with Crippen LogP contribution in [0.25, 0.3) is 0 Å². The van der Waals surface area contributed by atoms with Crippen molar-refractivity contribution < 1.29 is 9.90 Å². The van der Waals surface area contributed by atoms with Gasteiger partial charge in [0.05, 0.1) is 6.42 Å². The fourth-order valence-electron chi connectivity index (χ4n) is 0.910. The molecular formula is C7H9BrN2O2. The van der Waals surface area contributed by atoms with Crippen LogP contribution in [0.5, 0.6) is 0 Å². The molecule has 1 rings (SSSR count). The van der Waals surface area contributed by atoms with E-state index in [1.807, 2.05) is 6.92 Å². The highest BCUT2D eigenvalue weighted by molar-refractivity contribution is 9.10. The van der Waals surface area contributed by atoms with Crippen LogP contribution in [0.1, 0.15) is 17.9 Å². The van der Waals surface area contributed by atoms with Crippen LogP contribution in [0.2, 0.25) is 0 Å². The predicted molar refractivity (Wildman–Crippen MR) is 47.0 cm³/mol. The van der Waals surface area contributed by atoms with Gasteiger partial charge in [0.2, 0.25) is 0 Å². The first-order valence-corrected chi connectivity index (χ1v) is 4.31. The van der Waals surface area contributed by atoms with Gasteiger partial charge in [0.1, 0.15) is 10.4 Å². The Morgan fingerprint density at radius 2 is 2.42 bits per heavy atom. The summed E-state index contributed by atoms with van der Waals surface area (Å²) in [6.45, 7) is 1.83. The molecule has 0 atom stereocenters. The molecule has 1 aromatic rings. The summed E-state index contributed by atoms with van der Waals surface area (Å²) in [7, 11) is 0. The molecule has 1 aromatic heterocycles. The number of nitrogens with one attached hydrogen (secondary N) is 1. The molecule has 0 amide bonds. The molecule has 0 fully saturated rings. The van der Waals surface area contributed by atoms with Gasteiger partial charge < -0.3 is 10.1 Å². The summed E-state index contributed by atoms with van der Waals surface area (Å²) in [6, 6.07) is 0. The number of hydrogen-bond acceptors (Lipinski definition) is 2. The third-order valence-corrected chi connectivity index (χ3v) is 2.09. The van der Waals surface area contributed by atoms with Crippen LogP contribution in [0.3, 0.4) is 0 Å². The van der Waals surface area contributed by atoms with Crippen molar-refractivity contribution in [1.29, 1.82) is 0 Å². The normalized spacial score (nSPS) is 10.2. The van der Waals surface area contributed by atoms with Gasteiger partial charge in [-0.2, -0.15) is 0 Å². The molecule has 0 aliphatic rings. The van der Waals surface area contributed by atoms with Crippen molar-refractivity contribution >= 4 is 21.9 Å². The minimum Gasteiger partial charge on any atom is -0.481 e. The van der Waals surface area contributed by atoms with E-state index in [1.54, 1.807) is 0 Å². The Labute approximate surface area is 78.1 Å². The Morgan fingerprint density at radius 1 is 1.75 bits per heavy atom. The highest BCUT2D eigenvalue weighted by atomic mass is 79.9. The van der Waals surface area contributed by atoms with E-state index in [4.69, 9.17) is 5.11 Å². The third kappa shape index (κ3) is 2.34. The molecule has 12 heavy (non-hydrogen) atoms. The molecule has 2 N–H and O–H groups in total. The second-order valence-corrected chi connectivity index (χ2v) is 3.24. The lowest BCUT2D eigenvalue weighted by molar-refractivity contribution is -0.136. The quantitative estimate of drug-likeness (QED) is 0.831. The highest BCUT2D eigenvalue weighted by Gasteiger charge is 2.06. The molecule has 1 heterocycles. The predicted octanol–water partition coefficient (Wildman–Crippen LogP) is 1.50. The summed E-state index contributed by atoms with van der Waals surface area (Å²) in [4.78, 5) is 17.3. The first kappa shape index (κ1) is 9.25. The number of nitrogens with zero attached hydrogens (tertiary/aromatic N) is 1. The van der Waals surface area contributed by atoms with Crippen LogP contribution in [-0.4, -0.2) is 21.0 Å². The Balaban J connectivity index is 2.62. The fourth-order valence-corrected chi connectivity index (χ4v) is 1.47. The first-order valence-electron chi connectivity index (χ1n) is 3.52. The maximum absolute atomic E-state index is 10.2. The number of H-pyrrole nitrogens is 1. The van der Waals surface area contributed by atoms with Crippen LogP contribution in [-0.2, 0) is 11.2 Å². The van der Waals surface area contributed by atoms with Gasteiger partial charge in [0.15, 0.2) is 0 Å². The Kier molecular flexibility index (Phi) is 2.86. The first-order chi connectivity index (χ1) is 5.59. The lowest BCUT2D eigenvalue weighted by Crippen LogP contribution is -1.98. The van der Waals surface area contributed by atoms with Gasteiger partial charge in [-0.3, -0.25) is 4.79 Å². The average molecular weight is 233 g/mol. The number of hydrogen-bond donors (Lipinski definition) is 2. The van der Waals surface area contributed by atoms with Gasteiger partial charge in [0.25, 0.3) is 0 Å². The molecule has 0 saturated heterocycles. The summed E-state index contributed by atoms with van der Waals surface area (Å²) in [5.74, 6) is -0.00332. The standard InChI is InChI=1S/C7H9BrN2O2/c1-4-9-5(7(8)10-4)2-3-6(11)12/h2-3H2,1H3,(H,9,10)(H,11,12). The molecule has 0 spiro atoms. The van der Waals surface area contributed by atoms with Crippen LogP contribution < -0.4 is 0 Å². The summed E-state index contributed by atoms with van der Waals surface area (Å²) in [6.07, 6.45) is 0.608. The molecule has 0 unspecified atom stereocenters. The molecule has 5 heteroatoms. The van der Waals surface area contributed by atoms with Crippen LogP contribution in [0, 0.1) is 6.92 Å². The molecule has 0 aliphatic heterocycles. The zero-order valence-corrected chi connectivity index (χ0v) is 8.18. The topological polar surface area (TPSA) is 66.0 Å². The van der Waals surface area contributed by atoms with Crippen molar-refractivity contribution in [3.05, 3.63) is 16.1 Å². The molecule has 0 aliphatic carbocycles. The molecule has 0 aromatic carbocycles. The molecule has 0 radical (unpaired) electrons. The Hall–Kier alpha value is -0.840. The van der Waals surface area contributed by atoms with E-state index in [9.17, 15) is 4.79 Å². The smallest absolute Gasteiger partial charge is 0.303 e. The van der Waals surface area contributed by atoms with Gasteiger partial charge in [-0.25, -0.2) is 4.98 Å². The van der Waals surface area contributed by atoms with Crippen molar-refractivity contribution in [2.24, 2.45) is 0 Å². The SMILES string of the molecule is Cc1nc(Br)c(CCC(=O)O)[nH]1. The summed E-state index contributed by atoms with van der Waals surface area (Å²) in [5, 5.41) is 8.42. The third-order valence-electron chi connectivity index (χ3n) is 1.44. The molecule has 4 nitrogen and oxygen atoms in total. The van der Waals surface area contributed by atoms with E-state index in [-0.39, 0.29) is 6.42 Å². The number of rotatable bonds is 3. The number of aromatic nitrogens is 2. The minimum atomic E-state index is -0.797. The van der Waals surface area contributed by atoms with E-state index in [2.05, 4.69) is 25.9 Å². The number of carboxylic acid groups (broad SMARTS) is 1. The maximum Gasteiger partial charge on any atom is 0.303 e. The van der Waals surface area contributed by atoms with Crippen molar-refractivity contribution in [1.82, 2.24) is 9.97 Å². The van der Waals surface area contributed by atoms with E-state index in [0.29, 0.717) is 11.0 Å². The van der Waals surface area contributed by atoms with Gasteiger partial charge in [-0.05, 0) is 22.9 Å². The molecule has 0 bridgehead atoms. The number of halogens is 1. The van der Waals surface area contributed by atoms with Crippen LogP contribution in [0.4, 0.5) is 0 Å². The molecule has 66 valence electrons. The maximum atomic E-state index is 10.2. The number of carbonyl (C=O) groups is 1. The lowest BCUT2D eigenvalue weighted by Gasteiger charge is -1.93.